The lowest BCUT2D eigenvalue weighted by Crippen LogP contribution is -2.19. The second-order valence-electron chi connectivity index (χ2n) is 5.95. The maximum Gasteiger partial charge on any atom is 0.416 e. The number of halogens is 3. The largest absolute Gasteiger partial charge is 0.481 e. The fourth-order valence-electron chi connectivity index (χ4n) is 2.33. The third-order valence-electron chi connectivity index (χ3n) is 3.85. The standard InChI is InChI=1S/C21H21F3O3/c1-3-4-14-26-20(25)15(2)19(27-18-8-6-5-7-9-18)16-10-12-17(13-11-16)21(22,23)24/h5-13,19H,2-4,14H2,1H3. The molecule has 0 radical (unpaired) electrons. The molecular weight excluding hydrogens is 357 g/mol. The Morgan fingerprint density at radius 1 is 1.07 bits per heavy atom. The Hall–Kier alpha value is -2.76. The van der Waals surface area contributed by atoms with Crippen LogP contribution in [0.2, 0.25) is 0 Å². The van der Waals surface area contributed by atoms with E-state index >= 15 is 0 Å². The van der Waals surface area contributed by atoms with Gasteiger partial charge in [0.15, 0.2) is 6.10 Å². The third-order valence-corrected chi connectivity index (χ3v) is 3.85. The number of benzene rings is 2. The van der Waals surface area contributed by atoms with Crippen LogP contribution in [-0.4, -0.2) is 12.6 Å². The van der Waals surface area contributed by atoms with E-state index in [1.165, 1.54) is 12.1 Å². The second kappa shape index (κ2) is 9.26. The van der Waals surface area contributed by atoms with E-state index in [0.29, 0.717) is 17.7 Å². The maximum absolute atomic E-state index is 12.8. The van der Waals surface area contributed by atoms with E-state index in [4.69, 9.17) is 9.47 Å². The van der Waals surface area contributed by atoms with Gasteiger partial charge in [-0.3, -0.25) is 0 Å². The first-order valence-electron chi connectivity index (χ1n) is 8.57. The van der Waals surface area contributed by atoms with Crippen LogP contribution in [0.15, 0.2) is 66.7 Å². The van der Waals surface area contributed by atoms with Gasteiger partial charge in [-0.25, -0.2) is 4.79 Å². The molecule has 0 spiro atoms. The van der Waals surface area contributed by atoms with Crippen LogP contribution in [0.25, 0.3) is 0 Å². The van der Waals surface area contributed by atoms with Gasteiger partial charge in [0.1, 0.15) is 5.75 Å². The predicted octanol–water partition coefficient (Wildman–Crippen LogP) is 5.73. The van der Waals surface area contributed by atoms with E-state index in [1.54, 1.807) is 30.3 Å². The predicted molar refractivity (Wildman–Crippen MR) is 96.3 cm³/mol. The van der Waals surface area contributed by atoms with Crippen molar-refractivity contribution in [2.45, 2.75) is 32.0 Å². The number of hydrogen-bond donors (Lipinski definition) is 0. The SMILES string of the molecule is C=C(C(=O)OCCCC)C(Oc1ccccc1)c1ccc(C(F)(F)F)cc1. The normalized spacial score (nSPS) is 12.3. The number of para-hydroxylation sites is 1. The van der Waals surface area contributed by atoms with Gasteiger partial charge in [0.05, 0.1) is 17.7 Å². The molecular formula is C21H21F3O3. The molecule has 0 aromatic heterocycles. The topological polar surface area (TPSA) is 35.5 Å². The van der Waals surface area contributed by atoms with Gasteiger partial charge in [-0.2, -0.15) is 13.2 Å². The quantitative estimate of drug-likeness (QED) is 0.335. The van der Waals surface area contributed by atoms with Gasteiger partial charge < -0.3 is 9.47 Å². The third kappa shape index (κ3) is 5.88. The fraction of sp³-hybridized carbons (Fsp3) is 0.286. The van der Waals surface area contributed by atoms with Crippen molar-refractivity contribution in [2.24, 2.45) is 0 Å². The zero-order valence-electron chi connectivity index (χ0n) is 15.0. The molecule has 0 saturated heterocycles. The number of carbonyl (C=O) groups excluding carboxylic acids is 1. The molecule has 0 heterocycles. The second-order valence-corrected chi connectivity index (χ2v) is 5.95. The van der Waals surface area contributed by atoms with E-state index < -0.39 is 23.8 Å². The molecule has 2 aromatic rings. The van der Waals surface area contributed by atoms with Crippen LogP contribution in [-0.2, 0) is 15.7 Å². The van der Waals surface area contributed by atoms with Gasteiger partial charge in [0.2, 0.25) is 0 Å². The Bertz CT molecular complexity index is 752. The van der Waals surface area contributed by atoms with Gasteiger partial charge in [0, 0.05) is 0 Å². The number of rotatable bonds is 8. The van der Waals surface area contributed by atoms with Gasteiger partial charge in [-0.1, -0.05) is 50.3 Å². The Morgan fingerprint density at radius 3 is 2.26 bits per heavy atom. The van der Waals surface area contributed by atoms with E-state index in [-0.39, 0.29) is 12.2 Å². The average molecular weight is 378 g/mol. The molecule has 27 heavy (non-hydrogen) atoms. The van der Waals surface area contributed by atoms with Crippen LogP contribution >= 0.6 is 0 Å². The smallest absolute Gasteiger partial charge is 0.416 e. The van der Waals surface area contributed by atoms with Gasteiger partial charge in [0.25, 0.3) is 0 Å². The first-order valence-corrected chi connectivity index (χ1v) is 8.57. The number of ether oxygens (including phenoxy) is 2. The first kappa shape index (κ1) is 20.6. The molecule has 2 aromatic carbocycles. The summed E-state index contributed by atoms with van der Waals surface area (Å²) in [6.07, 6.45) is -3.82. The van der Waals surface area contributed by atoms with Crippen molar-refractivity contribution < 1.29 is 27.4 Å². The first-order chi connectivity index (χ1) is 12.8. The summed E-state index contributed by atoms with van der Waals surface area (Å²) in [6, 6.07) is 13.1. The van der Waals surface area contributed by atoms with Gasteiger partial charge in [-0.05, 0) is 36.2 Å². The van der Waals surface area contributed by atoms with Crippen LogP contribution in [0.1, 0.15) is 37.0 Å². The average Bonchev–Trinajstić information content (AvgIpc) is 2.66. The summed E-state index contributed by atoms with van der Waals surface area (Å²) in [7, 11) is 0. The summed E-state index contributed by atoms with van der Waals surface area (Å²) >= 11 is 0. The van der Waals surface area contributed by atoms with Crippen molar-refractivity contribution in [3.05, 3.63) is 77.9 Å². The minimum atomic E-state index is -4.44. The molecule has 1 atom stereocenters. The van der Waals surface area contributed by atoms with Crippen molar-refractivity contribution in [2.75, 3.05) is 6.61 Å². The van der Waals surface area contributed by atoms with Crippen LogP contribution < -0.4 is 4.74 Å². The molecule has 0 amide bonds. The molecule has 0 N–H and O–H groups in total. The molecule has 3 nitrogen and oxygen atoms in total. The van der Waals surface area contributed by atoms with E-state index in [0.717, 1.165) is 18.6 Å². The maximum atomic E-state index is 12.8. The fourth-order valence-corrected chi connectivity index (χ4v) is 2.33. The Morgan fingerprint density at radius 2 is 1.70 bits per heavy atom. The van der Waals surface area contributed by atoms with Crippen molar-refractivity contribution in [3.8, 4) is 5.75 Å². The van der Waals surface area contributed by atoms with Gasteiger partial charge >= 0.3 is 12.1 Å². The summed E-state index contributed by atoms with van der Waals surface area (Å²) < 4.78 is 49.4. The van der Waals surface area contributed by atoms with Crippen molar-refractivity contribution in [3.63, 3.8) is 0 Å². The molecule has 0 bridgehead atoms. The number of unbranched alkanes of at least 4 members (excludes halogenated alkanes) is 1. The molecule has 0 aliphatic heterocycles. The Labute approximate surface area is 156 Å². The van der Waals surface area contributed by atoms with Crippen LogP contribution in [0.3, 0.4) is 0 Å². The highest BCUT2D eigenvalue weighted by atomic mass is 19.4. The molecule has 0 aliphatic carbocycles. The summed E-state index contributed by atoms with van der Waals surface area (Å²) in [4.78, 5) is 12.3. The highest BCUT2D eigenvalue weighted by Gasteiger charge is 2.31. The van der Waals surface area contributed by atoms with E-state index in [9.17, 15) is 18.0 Å². The van der Waals surface area contributed by atoms with Crippen LogP contribution in [0.4, 0.5) is 13.2 Å². The lowest BCUT2D eigenvalue weighted by molar-refractivity contribution is -0.140. The van der Waals surface area contributed by atoms with E-state index in [2.05, 4.69) is 6.58 Å². The minimum absolute atomic E-state index is 0.0229. The van der Waals surface area contributed by atoms with Crippen molar-refractivity contribution in [1.29, 1.82) is 0 Å². The van der Waals surface area contributed by atoms with Crippen molar-refractivity contribution in [1.82, 2.24) is 0 Å². The summed E-state index contributed by atoms with van der Waals surface area (Å²) in [5.41, 5.74) is -0.375. The van der Waals surface area contributed by atoms with E-state index in [1.807, 2.05) is 6.92 Å². The van der Waals surface area contributed by atoms with Gasteiger partial charge in [-0.15, -0.1) is 0 Å². The Kier molecular flexibility index (Phi) is 7.05. The number of carbonyl (C=O) groups is 1. The zero-order chi connectivity index (χ0) is 19.9. The zero-order valence-corrected chi connectivity index (χ0v) is 15.0. The molecule has 0 fully saturated rings. The molecule has 0 saturated carbocycles. The lowest BCUT2D eigenvalue weighted by atomic mass is 10.0. The lowest BCUT2D eigenvalue weighted by Gasteiger charge is -2.21. The molecule has 1 unspecified atom stereocenters. The highest BCUT2D eigenvalue weighted by molar-refractivity contribution is 5.89. The highest BCUT2D eigenvalue weighted by Crippen LogP contribution is 2.33. The van der Waals surface area contributed by atoms with Crippen LogP contribution in [0.5, 0.6) is 5.75 Å². The molecule has 0 aliphatic rings. The van der Waals surface area contributed by atoms with Crippen molar-refractivity contribution >= 4 is 5.97 Å². The number of hydrogen-bond acceptors (Lipinski definition) is 3. The minimum Gasteiger partial charge on any atom is -0.481 e. The Balaban J connectivity index is 2.26. The molecule has 2 rings (SSSR count). The molecule has 6 heteroatoms. The summed E-state index contributed by atoms with van der Waals surface area (Å²) in [6.45, 7) is 5.97. The van der Waals surface area contributed by atoms with Crippen LogP contribution in [0, 0.1) is 0 Å². The number of esters is 1. The molecule has 144 valence electrons. The summed E-state index contributed by atoms with van der Waals surface area (Å²) in [5.74, 6) is -0.172. The summed E-state index contributed by atoms with van der Waals surface area (Å²) in [5, 5.41) is 0. The monoisotopic (exact) mass is 378 g/mol. The number of alkyl halides is 3.